The highest BCUT2D eigenvalue weighted by Gasteiger charge is 2.18. The quantitative estimate of drug-likeness (QED) is 0.932. The third kappa shape index (κ3) is 2.70. The van der Waals surface area contributed by atoms with Gasteiger partial charge >= 0.3 is 0 Å². The number of hydrogen-bond donors (Lipinski definition) is 1. The number of rotatable bonds is 4. The van der Waals surface area contributed by atoms with Gasteiger partial charge in [-0.25, -0.2) is 13.8 Å². The van der Waals surface area contributed by atoms with E-state index in [0.717, 1.165) is 11.8 Å². The largest absolute Gasteiger partial charge is 0.486 e. The van der Waals surface area contributed by atoms with Gasteiger partial charge in [0.2, 0.25) is 0 Å². The molecule has 0 radical (unpaired) electrons. The fourth-order valence-corrected chi connectivity index (χ4v) is 2.30. The number of nitrogens with zero attached hydrogens (tertiary/aromatic N) is 1. The van der Waals surface area contributed by atoms with Gasteiger partial charge < -0.3 is 14.8 Å². The van der Waals surface area contributed by atoms with E-state index in [2.05, 4.69) is 10.3 Å². The van der Waals surface area contributed by atoms with Crippen molar-refractivity contribution >= 4 is 16.6 Å². The molecule has 112 valence electrons. The Kier molecular flexibility index (Phi) is 3.77. The number of benzene rings is 1. The van der Waals surface area contributed by atoms with Crippen molar-refractivity contribution in [1.29, 1.82) is 0 Å². The van der Waals surface area contributed by atoms with Crippen molar-refractivity contribution in [3.63, 3.8) is 0 Å². The summed E-state index contributed by atoms with van der Waals surface area (Å²) in [6.07, 6.45) is -1.71. The molecule has 1 aliphatic heterocycles. The van der Waals surface area contributed by atoms with Crippen LogP contribution < -0.4 is 14.8 Å². The number of hydrogen-bond acceptors (Lipinski definition) is 4. The molecule has 1 aromatic heterocycles. The van der Waals surface area contributed by atoms with E-state index in [9.17, 15) is 8.78 Å². The number of alkyl halides is 2. The highest BCUT2D eigenvalue weighted by atomic mass is 19.3. The molecule has 4 nitrogen and oxygen atoms in total. The molecule has 0 saturated heterocycles. The summed E-state index contributed by atoms with van der Waals surface area (Å²) >= 11 is 0. The number of aromatic nitrogens is 1. The van der Waals surface area contributed by atoms with Crippen molar-refractivity contribution in [1.82, 2.24) is 4.98 Å². The fourth-order valence-electron chi connectivity index (χ4n) is 2.30. The summed E-state index contributed by atoms with van der Waals surface area (Å²) in [5, 5.41) is 3.93. The second-order valence-electron chi connectivity index (χ2n) is 4.84. The van der Waals surface area contributed by atoms with Gasteiger partial charge in [-0.1, -0.05) is 6.92 Å². The summed E-state index contributed by atoms with van der Waals surface area (Å²) in [4.78, 5) is 4.03. The lowest BCUT2D eigenvalue weighted by atomic mass is 10.1. The minimum atomic E-state index is -2.61. The summed E-state index contributed by atoms with van der Waals surface area (Å²) in [5.41, 5.74) is 0.891. The SMILES string of the molecule is CCCNc1cc(C(F)F)nc2cc3c(cc12)OCCO3. The van der Waals surface area contributed by atoms with Gasteiger partial charge in [-0.15, -0.1) is 0 Å². The Hall–Kier alpha value is -2.11. The molecule has 0 bridgehead atoms. The molecule has 1 N–H and O–H groups in total. The molecule has 0 amide bonds. The summed E-state index contributed by atoms with van der Waals surface area (Å²) in [5.74, 6) is 1.18. The molecule has 0 unspecified atom stereocenters. The summed E-state index contributed by atoms with van der Waals surface area (Å²) < 4.78 is 37.0. The zero-order chi connectivity index (χ0) is 14.8. The van der Waals surface area contributed by atoms with Gasteiger partial charge in [0.05, 0.1) is 5.52 Å². The minimum Gasteiger partial charge on any atom is -0.486 e. The van der Waals surface area contributed by atoms with Gasteiger partial charge in [0, 0.05) is 23.7 Å². The lowest BCUT2D eigenvalue weighted by Crippen LogP contribution is -2.15. The summed E-state index contributed by atoms with van der Waals surface area (Å²) in [6.45, 7) is 3.66. The van der Waals surface area contributed by atoms with E-state index in [0.29, 0.717) is 42.5 Å². The third-order valence-corrected chi connectivity index (χ3v) is 3.28. The predicted octanol–water partition coefficient (Wildman–Crippen LogP) is 3.77. The van der Waals surface area contributed by atoms with Crippen LogP contribution in [-0.2, 0) is 0 Å². The summed E-state index contributed by atoms with van der Waals surface area (Å²) in [7, 11) is 0. The maximum Gasteiger partial charge on any atom is 0.280 e. The van der Waals surface area contributed by atoms with E-state index in [1.807, 2.05) is 6.92 Å². The fraction of sp³-hybridized carbons (Fsp3) is 0.400. The van der Waals surface area contributed by atoms with E-state index in [1.54, 1.807) is 12.1 Å². The van der Waals surface area contributed by atoms with Gasteiger partial charge in [0.25, 0.3) is 6.43 Å². The average molecular weight is 294 g/mol. The van der Waals surface area contributed by atoms with Crippen LogP contribution in [0.4, 0.5) is 14.5 Å². The molecule has 6 heteroatoms. The lowest BCUT2D eigenvalue weighted by molar-refractivity contribution is 0.146. The van der Waals surface area contributed by atoms with Crippen LogP contribution in [-0.4, -0.2) is 24.7 Å². The molecule has 21 heavy (non-hydrogen) atoms. The van der Waals surface area contributed by atoms with Gasteiger partial charge in [-0.2, -0.15) is 0 Å². The Balaban J connectivity index is 2.15. The predicted molar refractivity (Wildman–Crippen MR) is 76.5 cm³/mol. The Morgan fingerprint density at radius 2 is 1.90 bits per heavy atom. The second-order valence-corrected chi connectivity index (χ2v) is 4.84. The first-order valence-electron chi connectivity index (χ1n) is 6.95. The van der Waals surface area contributed by atoms with Gasteiger partial charge in [-0.05, 0) is 18.6 Å². The molecule has 3 rings (SSSR count). The molecule has 0 saturated carbocycles. The van der Waals surface area contributed by atoms with Crippen LogP contribution in [0.15, 0.2) is 18.2 Å². The molecule has 0 aliphatic carbocycles. The molecule has 2 aromatic rings. The molecule has 1 aliphatic rings. The van der Waals surface area contributed by atoms with E-state index in [-0.39, 0.29) is 5.69 Å². The molecule has 2 heterocycles. The highest BCUT2D eigenvalue weighted by molar-refractivity contribution is 5.94. The molecule has 0 fully saturated rings. The topological polar surface area (TPSA) is 43.4 Å². The standard InChI is InChI=1S/C15H16F2N2O2/c1-2-3-18-10-7-12(15(16)17)19-11-8-14-13(6-9(10)11)20-4-5-21-14/h6-8,15H,2-5H2,1H3,(H,18,19). The van der Waals surface area contributed by atoms with Gasteiger partial charge in [-0.3, -0.25) is 0 Å². The van der Waals surface area contributed by atoms with Crippen LogP contribution in [0.1, 0.15) is 25.5 Å². The Morgan fingerprint density at radius 1 is 1.19 bits per heavy atom. The van der Waals surface area contributed by atoms with Crippen LogP contribution in [0.5, 0.6) is 11.5 Å². The van der Waals surface area contributed by atoms with Gasteiger partial charge in [0.1, 0.15) is 18.9 Å². The van der Waals surface area contributed by atoms with Crippen LogP contribution in [0.3, 0.4) is 0 Å². The van der Waals surface area contributed by atoms with E-state index < -0.39 is 6.43 Å². The zero-order valence-electron chi connectivity index (χ0n) is 11.7. The molecular weight excluding hydrogens is 278 g/mol. The number of pyridine rings is 1. The Bertz CT molecular complexity index is 662. The van der Waals surface area contributed by atoms with Crippen LogP contribution in [0.25, 0.3) is 10.9 Å². The smallest absolute Gasteiger partial charge is 0.280 e. The first kappa shape index (κ1) is 13.9. The summed E-state index contributed by atoms with van der Waals surface area (Å²) in [6, 6.07) is 4.86. The van der Waals surface area contributed by atoms with Crippen molar-refractivity contribution in [2.75, 3.05) is 25.1 Å². The van der Waals surface area contributed by atoms with Crippen molar-refractivity contribution < 1.29 is 18.3 Å². The van der Waals surface area contributed by atoms with Crippen molar-refractivity contribution in [2.45, 2.75) is 19.8 Å². The normalized spacial score (nSPS) is 13.7. The maximum absolute atomic E-state index is 13.0. The molecule has 0 spiro atoms. The zero-order valence-corrected chi connectivity index (χ0v) is 11.7. The number of ether oxygens (including phenoxy) is 2. The lowest BCUT2D eigenvalue weighted by Gasteiger charge is -2.20. The monoisotopic (exact) mass is 294 g/mol. The highest BCUT2D eigenvalue weighted by Crippen LogP contribution is 2.37. The van der Waals surface area contributed by atoms with Crippen molar-refractivity contribution in [3.8, 4) is 11.5 Å². The first-order valence-corrected chi connectivity index (χ1v) is 6.95. The van der Waals surface area contributed by atoms with Crippen molar-refractivity contribution in [2.24, 2.45) is 0 Å². The second kappa shape index (κ2) is 5.71. The Labute approximate surface area is 121 Å². The minimum absolute atomic E-state index is 0.238. The number of fused-ring (bicyclic) bond motifs is 2. The van der Waals surface area contributed by atoms with Gasteiger partial charge in [0.15, 0.2) is 11.5 Å². The Morgan fingerprint density at radius 3 is 2.57 bits per heavy atom. The molecule has 0 atom stereocenters. The van der Waals surface area contributed by atoms with E-state index in [4.69, 9.17) is 9.47 Å². The van der Waals surface area contributed by atoms with Crippen LogP contribution in [0, 0.1) is 0 Å². The van der Waals surface area contributed by atoms with E-state index in [1.165, 1.54) is 6.07 Å². The third-order valence-electron chi connectivity index (χ3n) is 3.28. The average Bonchev–Trinajstić information content (AvgIpc) is 2.50. The van der Waals surface area contributed by atoms with Crippen LogP contribution in [0.2, 0.25) is 0 Å². The molecule has 1 aromatic carbocycles. The van der Waals surface area contributed by atoms with E-state index >= 15 is 0 Å². The van der Waals surface area contributed by atoms with Crippen molar-refractivity contribution in [3.05, 3.63) is 23.9 Å². The maximum atomic E-state index is 13.0. The number of halogens is 2. The number of anilines is 1. The van der Waals surface area contributed by atoms with Crippen LogP contribution >= 0.6 is 0 Å². The molecular formula is C15H16F2N2O2. The number of nitrogens with one attached hydrogen (secondary N) is 1. The first-order chi connectivity index (χ1) is 10.2.